The number of rotatable bonds is 8. The largest absolute Gasteiger partial charge is 0.381 e. The Balaban J connectivity index is 0.00000300. The van der Waals surface area contributed by atoms with E-state index in [0.29, 0.717) is 12.7 Å². The molecule has 2 aromatic carbocycles. The Bertz CT molecular complexity index is 717. The van der Waals surface area contributed by atoms with Gasteiger partial charge in [-0.2, -0.15) is 0 Å². The smallest absolute Gasteiger partial charge is 0.191 e. The van der Waals surface area contributed by atoms with Crippen LogP contribution in [-0.2, 0) is 29.0 Å². The number of hydrogen-bond donors (Lipinski definition) is 2. The number of halogens is 1. The predicted molar refractivity (Wildman–Crippen MR) is 129 cm³/mol. The molecule has 0 unspecified atom stereocenters. The fraction of sp³-hybridized carbons (Fsp3) is 0.435. The van der Waals surface area contributed by atoms with Crippen LogP contribution in [0.2, 0.25) is 0 Å². The minimum atomic E-state index is 0. The molecule has 0 spiro atoms. The number of hydrogen-bond acceptors (Lipinski definition) is 3. The van der Waals surface area contributed by atoms with Crippen LogP contribution in [0.1, 0.15) is 29.5 Å². The average molecular weight is 509 g/mol. The van der Waals surface area contributed by atoms with Crippen LogP contribution in [-0.4, -0.2) is 38.9 Å². The molecule has 2 N–H and O–H groups in total. The number of ether oxygens (including phenoxy) is 2. The zero-order chi connectivity index (χ0) is 19.4. The maximum absolute atomic E-state index is 5.98. The molecule has 0 radical (unpaired) electrons. The molecule has 158 valence electrons. The summed E-state index contributed by atoms with van der Waals surface area (Å²) in [5.41, 5.74) is 3.76. The molecular weight excluding hydrogens is 477 g/mol. The van der Waals surface area contributed by atoms with E-state index in [-0.39, 0.29) is 24.0 Å². The van der Waals surface area contributed by atoms with Crippen LogP contribution in [0, 0.1) is 0 Å². The third-order valence-electron chi connectivity index (χ3n) is 4.91. The van der Waals surface area contributed by atoms with E-state index in [9.17, 15) is 0 Å². The second-order valence-electron chi connectivity index (χ2n) is 7.03. The van der Waals surface area contributed by atoms with Gasteiger partial charge in [-0.15, -0.1) is 24.0 Å². The van der Waals surface area contributed by atoms with Crippen molar-refractivity contribution in [2.75, 3.05) is 26.8 Å². The maximum Gasteiger partial charge on any atom is 0.191 e. The summed E-state index contributed by atoms with van der Waals surface area (Å²) in [6.45, 7) is 3.89. The number of nitrogens with zero attached hydrogens (tertiary/aromatic N) is 1. The van der Waals surface area contributed by atoms with E-state index >= 15 is 0 Å². The van der Waals surface area contributed by atoms with E-state index in [1.165, 1.54) is 16.7 Å². The molecular formula is C23H32IN3O2. The monoisotopic (exact) mass is 509 g/mol. The molecule has 29 heavy (non-hydrogen) atoms. The van der Waals surface area contributed by atoms with Crippen molar-refractivity contribution < 1.29 is 9.47 Å². The maximum atomic E-state index is 5.98. The highest BCUT2D eigenvalue weighted by Crippen LogP contribution is 2.14. The lowest BCUT2D eigenvalue weighted by atomic mass is 10.1. The Labute approximate surface area is 191 Å². The molecule has 1 fully saturated rings. The van der Waals surface area contributed by atoms with E-state index in [0.717, 1.165) is 51.5 Å². The van der Waals surface area contributed by atoms with Crippen molar-refractivity contribution in [3.8, 4) is 0 Å². The van der Waals surface area contributed by atoms with Gasteiger partial charge in [0.1, 0.15) is 0 Å². The van der Waals surface area contributed by atoms with Gasteiger partial charge >= 0.3 is 0 Å². The van der Waals surface area contributed by atoms with E-state index in [2.05, 4.69) is 64.2 Å². The molecule has 0 amide bonds. The Morgan fingerprint density at radius 2 is 1.66 bits per heavy atom. The van der Waals surface area contributed by atoms with Crippen LogP contribution in [0.4, 0.5) is 0 Å². The van der Waals surface area contributed by atoms with Gasteiger partial charge in [0.25, 0.3) is 0 Å². The summed E-state index contributed by atoms with van der Waals surface area (Å²) in [7, 11) is 1.80. The summed E-state index contributed by atoms with van der Waals surface area (Å²) >= 11 is 0. The fourth-order valence-electron chi connectivity index (χ4n) is 3.19. The molecule has 1 aliphatic rings. The van der Waals surface area contributed by atoms with Gasteiger partial charge in [-0.25, -0.2) is 0 Å². The van der Waals surface area contributed by atoms with Crippen molar-refractivity contribution in [3.63, 3.8) is 0 Å². The lowest BCUT2D eigenvalue weighted by Gasteiger charge is -2.22. The zero-order valence-corrected chi connectivity index (χ0v) is 19.4. The first-order valence-corrected chi connectivity index (χ1v) is 10.1. The van der Waals surface area contributed by atoms with E-state index < -0.39 is 0 Å². The van der Waals surface area contributed by atoms with Gasteiger partial charge in [0.05, 0.1) is 12.7 Å². The van der Waals surface area contributed by atoms with E-state index in [1.807, 2.05) is 6.07 Å². The fourth-order valence-corrected chi connectivity index (χ4v) is 3.19. The van der Waals surface area contributed by atoms with Crippen molar-refractivity contribution in [2.24, 2.45) is 4.99 Å². The highest BCUT2D eigenvalue weighted by Gasteiger charge is 2.13. The van der Waals surface area contributed by atoms with Gasteiger partial charge in [0.2, 0.25) is 0 Å². The molecule has 5 nitrogen and oxygen atoms in total. The Morgan fingerprint density at radius 3 is 2.34 bits per heavy atom. The van der Waals surface area contributed by atoms with Crippen molar-refractivity contribution in [2.45, 2.75) is 38.5 Å². The van der Waals surface area contributed by atoms with Crippen molar-refractivity contribution >= 4 is 29.9 Å². The minimum Gasteiger partial charge on any atom is -0.381 e. The van der Waals surface area contributed by atoms with Gasteiger partial charge in [0, 0.05) is 33.4 Å². The van der Waals surface area contributed by atoms with Crippen molar-refractivity contribution in [3.05, 3.63) is 71.3 Å². The van der Waals surface area contributed by atoms with Crippen LogP contribution in [0.5, 0.6) is 0 Å². The Kier molecular flexibility index (Phi) is 11.1. The molecule has 6 heteroatoms. The molecule has 1 saturated heterocycles. The first kappa shape index (κ1) is 23.6. The molecule has 2 aromatic rings. The molecule has 1 heterocycles. The third kappa shape index (κ3) is 8.72. The molecule has 0 aromatic heterocycles. The van der Waals surface area contributed by atoms with Gasteiger partial charge in [-0.3, -0.25) is 4.99 Å². The number of nitrogens with one attached hydrogen (secondary N) is 2. The summed E-state index contributed by atoms with van der Waals surface area (Å²) in [4.78, 5) is 4.30. The molecule has 0 atom stereocenters. The quantitative estimate of drug-likeness (QED) is 0.322. The van der Waals surface area contributed by atoms with Crippen LogP contribution >= 0.6 is 24.0 Å². The standard InChI is InChI=1S/C23H31N3O2.HI/c1-24-23(25-14-11-19-5-3-2-4-6-19)26-17-20-7-9-21(10-8-20)18-28-22-12-15-27-16-13-22;/h2-10,22H,11-18H2,1H3,(H2,24,25,26);1H. The molecule has 0 aliphatic carbocycles. The van der Waals surface area contributed by atoms with Crippen LogP contribution < -0.4 is 10.6 Å². The van der Waals surface area contributed by atoms with Crippen molar-refractivity contribution in [1.82, 2.24) is 10.6 Å². The van der Waals surface area contributed by atoms with Crippen molar-refractivity contribution in [1.29, 1.82) is 0 Å². The van der Waals surface area contributed by atoms with Crippen LogP contribution in [0.15, 0.2) is 59.6 Å². The van der Waals surface area contributed by atoms with Gasteiger partial charge < -0.3 is 20.1 Å². The predicted octanol–water partition coefficient (Wildman–Crippen LogP) is 3.91. The average Bonchev–Trinajstić information content (AvgIpc) is 2.77. The summed E-state index contributed by atoms with van der Waals surface area (Å²) in [5.74, 6) is 0.822. The topological polar surface area (TPSA) is 54.9 Å². The van der Waals surface area contributed by atoms with E-state index in [1.54, 1.807) is 7.05 Å². The molecule has 0 bridgehead atoms. The zero-order valence-electron chi connectivity index (χ0n) is 17.1. The summed E-state index contributed by atoms with van der Waals surface area (Å²) in [6.07, 6.45) is 3.31. The number of aliphatic imine (C=N–C) groups is 1. The second-order valence-corrected chi connectivity index (χ2v) is 7.03. The number of benzene rings is 2. The second kappa shape index (κ2) is 13.6. The lowest BCUT2D eigenvalue weighted by molar-refractivity contribution is -0.0390. The first-order valence-electron chi connectivity index (χ1n) is 10.1. The molecule has 3 rings (SSSR count). The number of guanidine groups is 1. The highest BCUT2D eigenvalue weighted by atomic mass is 127. The van der Waals surface area contributed by atoms with Crippen LogP contribution in [0.25, 0.3) is 0 Å². The minimum absolute atomic E-state index is 0. The Morgan fingerprint density at radius 1 is 0.966 bits per heavy atom. The van der Waals surface area contributed by atoms with Gasteiger partial charge in [-0.05, 0) is 36.0 Å². The normalized spacial score (nSPS) is 14.9. The van der Waals surface area contributed by atoms with Crippen LogP contribution in [0.3, 0.4) is 0 Å². The third-order valence-corrected chi connectivity index (χ3v) is 4.91. The lowest BCUT2D eigenvalue weighted by Crippen LogP contribution is -2.37. The summed E-state index contributed by atoms with van der Waals surface area (Å²) in [6, 6.07) is 19.0. The summed E-state index contributed by atoms with van der Waals surface area (Å²) in [5, 5.41) is 6.73. The molecule has 0 saturated carbocycles. The Hall–Kier alpha value is -1.64. The van der Waals surface area contributed by atoms with Gasteiger partial charge in [-0.1, -0.05) is 54.6 Å². The summed E-state index contributed by atoms with van der Waals surface area (Å²) < 4.78 is 11.3. The highest BCUT2D eigenvalue weighted by molar-refractivity contribution is 14.0. The van der Waals surface area contributed by atoms with E-state index in [4.69, 9.17) is 9.47 Å². The first-order chi connectivity index (χ1) is 13.8. The SMILES string of the molecule is CN=C(NCCc1ccccc1)NCc1ccc(COC2CCOCC2)cc1.I. The van der Waals surface area contributed by atoms with Gasteiger partial charge in [0.15, 0.2) is 5.96 Å². The molecule has 1 aliphatic heterocycles.